The van der Waals surface area contributed by atoms with Crippen molar-refractivity contribution >= 4 is 5.78 Å². The molecule has 0 spiro atoms. The fourth-order valence-electron chi connectivity index (χ4n) is 1.76. The van der Waals surface area contributed by atoms with Gasteiger partial charge < -0.3 is 21.7 Å². The average molecular weight is 246 g/mol. The van der Waals surface area contributed by atoms with E-state index in [1.54, 1.807) is 30.3 Å². The average Bonchev–Trinajstić information content (AvgIpc) is 2.37. The summed E-state index contributed by atoms with van der Waals surface area (Å²) < 4.78 is 0. The topological polar surface area (TPSA) is 110 Å². The van der Waals surface area contributed by atoms with Crippen molar-refractivity contribution in [3.8, 4) is 0 Å². The Kier molecular flexibility index (Phi) is 3.04. The van der Waals surface area contributed by atoms with Crippen LogP contribution in [0, 0.1) is 0 Å². The molecule has 5 heteroatoms. The SMILES string of the molecule is NC1(N)C(O)=CC=C(C(=O)c2ccccc2)C1O. The number of rotatable bonds is 2. The van der Waals surface area contributed by atoms with Gasteiger partial charge >= 0.3 is 0 Å². The van der Waals surface area contributed by atoms with Crippen molar-refractivity contribution in [3.05, 3.63) is 59.4 Å². The van der Waals surface area contributed by atoms with Gasteiger partial charge in [-0.05, 0) is 12.2 Å². The molecule has 6 N–H and O–H groups in total. The molecule has 0 saturated carbocycles. The van der Waals surface area contributed by atoms with Crippen LogP contribution in [0.25, 0.3) is 0 Å². The largest absolute Gasteiger partial charge is 0.509 e. The fourth-order valence-corrected chi connectivity index (χ4v) is 1.76. The van der Waals surface area contributed by atoms with Gasteiger partial charge in [0, 0.05) is 11.1 Å². The van der Waals surface area contributed by atoms with Gasteiger partial charge in [-0.1, -0.05) is 30.3 Å². The number of allylic oxidation sites excluding steroid dienone is 2. The van der Waals surface area contributed by atoms with E-state index in [9.17, 15) is 15.0 Å². The summed E-state index contributed by atoms with van der Waals surface area (Å²) in [7, 11) is 0. The lowest BCUT2D eigenvalue weighted by molar-refractivity contribution is 0.0847. The maximum atomic E-state index is 12.2. The van der Waals surface area contributed by atoms with Crippen LogP contribution in [-0.2, 0) is 0 Å². The van der Waals surface area contributed by atoms with E-state index in [0.717, 1.165) is 0 Å². The van der Waals surface area contributed by atoms with E-state index in [4.69, 9.17) is 11.5 Å². The molecular weight excluding hydrogens is 232 g/mol. The van der Waals surface area contributed by atoms with Crippen LogP contribution in [0.2, 0.25) is 0 Å². The van der Waals surface area contributed by atoms with Crippen LogP contribution in [0.15, 0.2) is 53.8 Å². The van der Waals surface area contributed by atoms with Crippen molar-refractivity contribution in [2.75, 3.05) is 0 Å². The van der Waals surface area contributed by atoms with Crippen LogP contribution < -0.4 is 11.5 Å². The molecule has 1 aliphatic carbocycles. The number of hydrogen-bond acceptors (Lipinski definition) is 5. The van der Waals surface area contributed by atoms with Crippen molar-refractivity contribution in [1.29, 1.82) is 0 Å². The van der Waals surface area contributed by atoms with Crippen LogP contribution in [0.1, 0.15) is 10.4 Å². The van der Waals surface area contributed by atoms with Crippen LogP contribution in [0.4, 0.5) is 0 Å². The molecule has 0 aliphatic heterocycles. The molecule has 0 heterocycles. The summed E-state index contributed by atoms with van der Waals surface area (Å²) in [6, 6.07) is 8.47. The van der Waals surface area contributed by atoms with E-state index in [1.165, 1.54) is 12.2 Å². The second-order valence-corrected chi connectivity index (χ2v) is 4.20. The summed E-state index contributed by atoms with van der Waals surface area (Å²) in [6.45, 7) is 0. The third-order valence-corrected chi connectivity index (χ3v) is 2.91. The molecule has 0 fully saturated rings. The minimum Gasteiger partial charge on any atom is -0.509 e. The van der Waals surface area contributed by atoms with Crippen molar-refractivity contribution in [3.63, 3.8) is 0 Å². The molecule has 0 bridgehead atoms. The third-order valence-electron chi connectivity index (χ3n) is 2.91. The number of aliphatic hydroxyl groups is 2. The van der Waals surface area contributed by atoms with Crippen molar-refractivity contribution in [1.82, 2.24) is 0 Å². The normalized spacial score (nSPS) is 22.1. The molecular formula is C13H14N2O3. The smallest absolute Gasteiger partial charge is 0.191 e. The molecule has 1 unspecified atom stereocenters. The van der Waals surface area contributed by atoms with E-state index in [1.807, 2.05) is 0 Å². The Morgan fingerprint density at radius 2 is 1.78 bits per heavy atom. The van der Waals surface area contributed by atoms with Crippen LogP contribution in [0.3, 0.4) is 0 Å². The zero-order valence-corrected chi connectivity index (χ0v) is 9.58. The van der Waals surface area contributed by atoms with Crippen LogP contribution in [-0.4, -0.2) is 27.8 Å². The highest BCUT2D eigenvalue weighted by Crippen LogP contribution is 2.24. The van der Waals surface area contributed by atoms with E-state index in [0.29, 0.717) is 5.56 Å². The maximum Gasteiger partial charge on any atom is 0.191 e. The molecule has 0 aromatic heterocycles. The second-order valence-electron chi connectivity index (χ2n) is 4.20. The Balaban J connectivity index is 2.38. The van der Waals surface area contributed by atoms with E-state index < -0.39 is 11.8 Å². The summed E-state index contributed by atoms with van der Waals surface area (Å²) in [6.07, 6.45) is 1.10. The first-order chi connectivity index (χ1) is 8.44. The number of nitrogens with two attached hydrogens (primary N) is 2. The van der Waals surface area contributed by atoms with Gasteiger partial charge in [-0.15, -0.1) is 0 Å². The van der Waals surface area contributed by atoms with Gasteiger partial charge in [0.1, 0.15) is 11.9 Å². The molecule has 94 valence electrons. The van der Waals surface area contributed by atoms with Crippen molar-refractivity contribution < 1.29 is 15.0 Å². The van der Waals surface area contributed by atoms with Crippen molar-refractivity contribution in [2.45, 2.75) is 11.8 Å². The van der Waals surface area contributed by atoms with Gasteiger partial charge in [-0.3, -0.25) is 4.79 Å². The number of ketones is 1. The van der Waals surface area contributed by atoms with E-state index in [-0.39, 0.29) is 17.1 Å². The second kappa shape index (κ2) is 4.38. The fraction of sp³-hybridized carbons (Fsp3) is 0.154. The van der Waals surface area contributed by atoms with Crippen LogP contribution in [0.5, 0.6) is 0 Å². The lowest BCUT2D eigenvalue weighted by Crippen LogP contribution is -2.62. The standard InChI is InChI=1S/C13H14N2O3/c14-13(15)10(16)7-6-9(12(13)18)11(17)8-4-2-1-3-5-8/h1-7,12,16,18H,14-15H2. The maximum absolute atomic E-state index is 12.2. The number of benzene rings is 1. The lowest BCUT2D eigenvalue weighted by atomic mass is 9.86. The summed E-state index contributed by atoms with van der Waals surface area (Å²) >= 11 is 0. The zero-order chi connectivity index (χ0) is 13.3. The predicted molar refractivity (Wildman–Crippen MR) is 66.7 cm³/mol. The zero-order valence-electron chi connectivity index (χ0n) is 9.58. The van der Waals surface area contributed by atoms with Gasteiger partial charge in [-0.25, -0.2) is 0 Å². The summed E-state index contributed by atoms with van der Waals surface area (Å²) in [5, 5.41) is 19.4. The predicted octanol–water partition coefficient (Wildman–Crippen LogP) is 0.226. The highest BCUT2D eigenvalue weighted by molar-refractivity contribution is 6.09. The Hall–Kier alpha value is -1.95. The first-order valence-electron chi connectivity index (χ1n) is 5.41. The molecule has 1 aliphatic rings. The number of hydrogen-bond donors (Lipinski definition) is 4. The van der Waals surface area contributed by atoms with Gasteiger partial charge in [0.2, 0.25) is 0 Å². The minimum absolute atomic E-state index is 0.0593. The van der Waals surface area contributed by atoms with Crippen molar-refractivity contribution in [2.24, 2.45) is 11.5 Å². The molecule has 2 rings (SSSR count). The quantitative estimate of drug-likeness (QED) is 0.441. The van der Waals surface area contributed by atoms with Gasteiger partial charge in [0.25, 0.3) is 0 Å². The summed E-state index contributed by atoms with van der Waals surface area (Å²) in [5.41, 5.74) is 9.82. The number of aliphatic hydroxyl groups excluding tert-OH is 2. The summed E-state index contributed by atoms with van der Waals surface area (Å²) in [5.74, 6) is -0.730. The van der Waals surface area contributed by atoms with Gasteiger partial charge in [-0.2, -0.15) is 0 Å². The van der Waals surface area contributed by atoms with E-state index >= 15 is 0 Å². The Labute approximate surface area is 104 Å². The molecule has 0 saturated heterocycles. The Morgan fingerprint density at radius 3 is 2.39 bits per heavy atom. The molecule has 18 heavy (non-hydrogen) atoms. The monoisotopic (exact) mass is 246 g/mol. The minimum atomic E-state index is -1.84. The first-order valence-corrected chi connectivity index (χ1v) is 5.41. The molecule has 0 radical (unpaired) electrons. The van der Waals surface area contributed by atoms with Crippen LogP contribution >= 0.6 is 0 Å². The number of carbonyl (C=O) groups is 1. The molecule has 1 aromatic carbocycles. The highest BCUT2D eigenvalue weighted by Gasteiger charge is 2.40. The van der Waals surface area contributed by atoms with Gasteiger partial charge in [0.05, 0.1) is 0 Å². The first kappa shape index (κ1) is 12.5. The van der Waals surface area contributed by atoms with Gasteiger partial charge in [0.15, 0.2) is 11.4 Å². The third kappa shape index (κ3) is 1.95. The number of Topliss-reactive ketones (excluding diaryl/α,β-unsaturated/α-hetero) is 1. The molecule has 1 atom stereocenters. The molecule has 1 aromatic rings. The highest BCUT2D eigenvalue weighted by atomic mass is 16.3. The van der Waals surface area contributed by atoms with E-state index in [2.05, 4.69) is 0 Å². The Morgan fingerprint density at radius 1 is 1.17 bits per heavy atom. The summed E-state index contributed by atoms with van der Waals surface area (Å²) in [4.78, 5) is 12.2. The lowest BCUT2D eigenvalue weighted by Gasteiger charge is -2.32. The molecule has 5 nitrogen and oxygen atoms in total. The Bertz CT molecular complexity index is 532. The number of carbonyl (C=O) groups excluding carboxylic acids is 1. The molecule has 0 amide bonds.